The number of allylic oxidation sites excluding steroid dienone is 1. The van der Waals surface area contributed by atoms with Gasteiger partial charge in [0.15, 0.2) is 0 Å². The Bertz CT molecular complexity index is 290. The van der Waals surface area contributed by atoms with Gasteiger partial charge in [0.2, 0.25) is 0 Å². The van der Waals surface area contributed by atoms with Crippen molar-refractivity contribution in [2.24, 2.45) is 0 Å². The van der Waals surface area contributed by atoms with Gasteiger partial charge in [-0.15, -0.1) is 0 Å². The van der Waals surface area contributed by atoms with Crippen molar-refractivity contribution < 1.29 is 25.2 Å². The maximum absolute atomic E-state index is 10.3. The van der Waals surface area contributed by atoms with E-state index < -0.39 is 24.3 Å². The molecular formula is C16H30O5. The van der Waals surface area contributed by atoms with E-state index in [4.69, 9.17) is 5.11 Å². The summed E-state index contributed by atoms with van der Waals surface area (Å²) in [6, 6.07) is 0. The first-order valence-electron chi connectivity index (χ1n) is 7.91. The fraction of sp³-hybridized carbons (Fsp3) is 0.812. The molecular weight excluding hydrogens is 272 g/mol. The van der Waals surface area contributed by atoms with Crippen LogP contribution >= 0.6 is 0 Å². The van der Waals surface area contributed by atoms with Gasteiger partial charge < -0.3 is 20.4 Å². The SMILES string of the molecule is CCCCCC=CC(O)C(O)C(O)CCCCCC(=O)O. The topological polar surface area (TPSA) is 98.0 Å². The molecule has 5 nitrogen and oxygen atoms in total. The summed E-state index contributed by atoms with van der Waals surface area (Å²) in [5, 5.41) is 37.8. The number of aliphatic carboxylic acids is 1. The van der Waals surface area contributed by atoms with E-state index in [1.165, 1.54) is 6.08 Å². The van der Waals surface area contributed by atoms with Crippen molar-refractivity contribution in [3.63, 3.8) is 0 Å². The number of carbonyl (C=O) groups is 1. The summed E-state index contributed by atoms with van der Waals surface area (Å²) in [5.41, 5.74) is 0. The fourth-order valence-corrected chi connectivity index (χ4v) is 2.07. The third-order valence-corrected chi connectivity index (χ3v) is 3.44. The summed E-state index contributed by atoms with van der Waals surface area (Å²) in [7, 11) is 0. The van der Waals surface area contributed by atoms with Gasteiger partial charge in [0.25, 0.3) is 0 Å². The Kier molecular flexibility index (Phi) is 12.2. The molecule has 0 rings (SSSR count). The molecule has 0 heterocycles. The third-order valence-electron chi connectivity index (χ3n) is 3.44. The molecule has 0 aromatic rings. The molecule has 3 unspecified atom stereocenters. The van der Waals surface area contributed by atoms with Gasteiger partial charge in [-0.3, -0.25) is 4.79 Å². The average Bonchev–Trinajstić information content (AvgIpc) is 2.45. The maximum atomic E-state index is 10.3. The molecule has 0 radical (unpaired) electrons. The van der Waals surface area contributed by atoms with Crippen molar-refractivity contribution in [3.05, 3.63) is 12.2 Å². The second-order valence-corrected chi connectivity index (χ2v) is 5.47. The summed E-state index contributed by atoms with van der Waals surface area (Å²) < 4.78 is 0. The Balaban J connectivity index is 3.80. The Morgan fingerprint density at radius 1 is 1.05 bits per heavy atom. The summed E-state index contributed by atoms with van der Waals surface area (Å²) in [6.07, 6.45) is 6.74. The lowest BCUT2D eigenvalue weighted by Crippen LogP contribution is -2.36. The summed E-state index contributed by atoms with van der Waals surface area (Å²) in [5.74, 6) is -0.820. The molecule has 0 saturated carbocycles. The molecule has 0 aromatic heterocycles. The van der Waals surface area contributed by atoms with Crippen LogP contribution in [0.2, 0.25) is 0 Å². The van der Waals surface area contributed by atoms with Crippen molar-refractivity contribution >= 4 is 5.97 Å². The summed E-state index contributed by atoms with van der Waals surface area (Å²) in [4.78, 5) is 10.3. The highest BCUT2D eigenvalue weighted by Gasteiger charge is 2.22. The van der Waals surface area contributed by atoms with E-state index in [-0.39, 0.29) is 6.42 Å². The van der Waals surface area contributed by atoms with E-state index in [9.17, 15) is 20.1 Å². The van der Waals surface area contributed by atoms with Crippen LogP contribution in [0.3, 0.4) is 0 Å². The van der Waals surface area contributed by atoms with Crippen molar-refractivity contribution in [1.29, 1.82) is 0 Å². The molecule has 0 aromatic carbocycles. The molecule has 0 aliphatic carbocycles. The van der Waals surface area contributed by atoms with Crippen LogP contribution < -0.4 is 0 Å². The van der Waals surface area contributed by atoms with Crippen molar-refractivity contribution in [3.8, 4) is 0 Å². The van der Waals surface area contributed by atoms with E-state index >= 15 is 0 Å². The lowest BCUT2D eigenvalue weighted by molar-refractivity contribution is -0.137. The van der Waals surface area contributed by atoms with Crippen LogP contribution in [0.1, 0.15) is 64.7 Å². The minimum atomic E-state index is -1.19. The first-order valence-corrected chi connectivity index (χ1v) is 7.91. The number of carboxylic acids is 1. The van der Waals surface area contributed by atoms with Crippen LogP contribution in [0, 0.1) is 0 Å². The predicted octanol–water partition coefficient (Wildman–Crippen LogP) is 2.24. The zero-order valence-corrected chi connectivity index (χ0v) is 12.9. The molecule has 124 valence electrons. The number of aliphatic hydroxyl groups is 3. The van der Waals surface area contributed by atoms with Gasteiger partial charge in [-0.25, -0.2) is 0 Å². The van der Waals surface area contributed by atoms with E-state index in [0.29, 0.717) is 25.7 Å². The highest BCUT2D eigenvalue weighted by Crippen LogP contribution is 2.12. The van der Waals surface area contributed by atoms with Gasteiger partial charge in [0.05, 0.1) is 6.10 Å². The zero-order chi connectivity index (χ0) is 16.1. The van der Waals surface area contributed by atoms with Gasteiger partial charge in [-0.05, 0) is 25.7 Å². The summed E-state index contributed by atoms with van der Waals surface area (Å²) >= 11 is 0. The lowest BCUT2D eigenvalue weighted by Gasteiger charge is -2.20. The molecule has 0 spiro atoms. The second-order valence-electron chi connectivity index (χ2n) is 5.47. The predicted molar refractivity (Wildman–Crippen MR) is 82.0 cm³/mol. The van der Waals surface area contributed by atoms with Crippen molar-refractivity contribution in [2.45, 2.75) is 83.0 Å². The Morgan fingerprint density at radius 2 is 1.76 bits per heavy atom. The Hall–Kier alpha value is -0.910. The van der Waals surface area contributed by atoms with E-state index in [0.717, 1.165) is 25.7 Å². The molecule has 0 aliphatic rings. The Labute approximate surface area is 127 Å². The lowest BCUT2D eigenvalue weighted by atomic mass is 10.0. The number of unbranched alkanes of at least 4 members (excludes halogenated alkanes) is 5. The fourth-order valence-electron chi connectivity index (χ4n) is 2.07. The van der Waals surface area contributed by atoms with Gasteiger partial charge >= 0.3 is 5.97 Å². The van der Waals surface area contributed by atoms with Gasteiger partial charge in [-0.2, -0.15) is 0 Å². The van der Waals surface area contributed by atoms with Crippen molar-refractivity contribution in [1.82, 2.24) is 0 Å². The second kappa shape index (κ2) is 12.8. The molecule has 0 aliphatic heterocycles. The molecule has 3 atom stereocenters. The molecule has 21 heavy (non-hydrogen) atoms. The van der Waals surface area contributed by atoms with Crippen LogP contribution in [0.25, 0.3) is 0 Å². The van der Waals surface area contributed by atoms with Crippen LogP contribution in [-0.2, 0) is 4.79 Å². The highest BCUT2D eigenvalue weighted by atomic mass is 16.4. The molecule has 5 heteroatoms. The monoisotopic (exact) mass is 302 g/mol. The molecule has 0 saturated heterocycles. The zero-order valence-electron chi connectivity index (χ0n) is 12.9. The van der Waals surface area contributed by atoms with Gasteiger partial charge in [0, 0.05) is 6.42 Å². The molecule has 0 amide bonds. The largest absolute Gasteiger partial charge is 0.481 e. The van der Waals surface area contributed by atoms with Crippen LogP contribution in [0.5, 0.6) is 0 Å². The maximum Gasteiger partial charge on any atom is 0.303 e. The average molecular weight is 302 g/mol. The third kappa shape index (κ3) is 11.4. The normalized spacial score (nSPS) is 16.0. The first-order chi connectivity index (χ1) is 9.99. The number of rotatable bonds is 13. The van der Waals surface area contributed by atoms with Crippen molar-refractivity contribution in [2.75, 3.05) is 0 Å². The quantitative estimate of drug-likeness (QED) is 0.309. The van der Waals surface area contributed by atoms with Gasteiger partial charge in [0.1, 0.15) is 12.2 Å². The summed E-state index contributed by atoms with van der Waals surface area (Å²) in [6.45, 7) is 2.12. The minimum absolute atomic E-state index is 0.127. The smallest absolute Gasteiger partial charge is 0.303 e. The van der Waals surface area contributed by atoms with Crippen LogP contribution in [0.15, 0.2) is 12.2 Å². The number of aliphatic hydroxyl groups excluding tert-OH is 3. The van der Waals surface area contributed by atoms with E-state index in [1.54, 1.807) is 0 Å². The van der Waals surface area contributed by atoms with E-state index in [1.807, 2.05) is 6.08 Å². The molecule has 4 N–H and O–H groups in total. The molecule has 0 bridgehead atoms. The number of hydrogen-bond acceptors (Lipinski definition) is 4. The number of carboxylic acid groups (broad SMARTS) is 1. The Morgan fingerprint density at radius 3 is 2.38 bits per heavy atom. The number of hydrogen-bond donors (Lipinski definition) is 4. The van der Waals surface area contributed by atoms with Crippen LogP contribution in [0.4, 0.5) is 0 Å². The van der Waals surface area contributed by atoms with Gasteiger partial charge in [-0.1, -0.05) is 44.8 Å². The van der Waals surface area contributed by atoms with E-state index in [2.05, 4.69) is 6.92 Å². The molecule has 0 fully saturated rings. The highest BCUT2D eigenvalue weighted by molar-refractivity contribution is 5.66. The van der Waals surface area contributed by atoms with Crippen LogP contribution in [-0.4, -0.2) is 44.7 Å². The standard InChI is InChI=1S/C16H30O5/c1-2-3-4-5-7-10-13(17)16(21)14(18)11-8-6-9-12-15(19)20/h7,10,13-14,16-18,21H,2-6,8-9,11-12H2,1H3,(H,19,20). The minimum Gasteiger partial charge on any atom is -0.481 e. The first kappa shape index (κ1) is 20.1.